The van der Waals surface area contributed by atoms with Crippen LogP contribution in [0.25, 0.3) is 0 Å². The lowest BCUT2D eigenvalue weighted by Crippen LogP contribution is -2.38. The fourth-order valence-electron chi connectivity index (χ4n) is 1.49. The summed E-state index contributed by atoms with van der Waals surface area (Å²) in [7, 11) is 1.54. The van der Waals surface area contributed by atoms with Crippen molar-refractivity contribution in [3.63, 3.8) is 0 Å². The van der Waals surface area contributed by atoms with Gasteiger partial charge in [0.1, 0.15) is 5.75 Å². The number of amides is 1. The summed E-state index contributed by atoms with van der Waals surface area (Å²) in [6.45, 7) is 3.95. The van der Waals surface area contributed by atoms with Crippen molar-refractivity contribution in [2.75, 3.05) is 13.7 Å². The maximum absolute atomic E-state index is 12.2. The Hall–Kier alpha value is -1.56. The molecule has 100 valence electrons. The van der Waals surface area contributed by atoms with Gasteiger partial charge in [-0.3, -0.25) is 9.59 Å². The number of aliphatic carboxylic acids is 1. The lowest BCUT2D eigenvalue weighted by molar-refractivity contribution is -0.137. The highest BCUT2D eigenvalue weighted by atomic mass is 32.1. The number of nitrogens with zero attached hydrogens (tertiary/aromatic N) is 1. The summed E-state index contributed by atoms with van der Waals surface area (Å²) >= 11 is 1.30. The summed E-state index contributed by atoms with van der Waals surface area (Å²) in [5, 5.41) is 10.4. The van der Waals surface area contributed by atoms with E-state index in [0.717, 1.165) is 0 Å². The largest absolute Gasteiger partial charge is 0.496 e. The van der Waals surface area contributed by atoms with Crippen LogP contribution in [0.4, 0.5) is 0 Å². The second-order valence-electron chi connectivity index (χ2n) is 4.09. The number of hydrogen-bond acceptors (Lipinski definition) is 4. The first-order chi connectivity index (χ1) is 8.45. The average Bonchev–Trinajstić information content (AvgIpc) is 2.76. The van der Waals surface area contributed by atoms with E-state index in [2.05, 4.69) is 0 Å². The molecule has 6 heteroatoms. The molecule has 0 fully saturated rings. The van der Waals surface area contributed by atoms with Crippen molar-refractivity contribution in [2.45, 2.75) is 26.3 Å². The summed E-state index contributed by atoms with van der Waals surface area (Å²) in [4.78, 5) is 24.9. The molecule has 5 nitrogen and oxygen atoms in total. The van der Waals surface area contributed by atoms with E-state index >= 15 is 0 Å². The van der Waals surface area contributed by atoms with Crippen molar-refractivity contribution in [3.05, 3.63) is 16.3 Å². The van der Waals surface area contributed by atoms with E-state index in [4.69, 9.17) is 9.84 Å². The lowest BCUT2D eigenvalue weighted by Gasteiger charge is -2.25. The molecule has 1 N–H and O–H groups in total. The minimum atomic E-state index is -0.905. The smallest absolute Gasteiger partial charge is 0.305 e. The molecule has 0 atom stereocenters. The number of methoxy groups -OCH3 is 1. The minimum absolute atomic E-state index is 0.0371. The number of carboxylic acids is 1. The summed E-state index contributed by atoms with van der Waals surface area (Å²) < 4.78 is 5.03. The van der Waals surface area contributed by atoms with Crippen LogP contribution < -0.4 is 4.74 Å². The maximum atomic E-state index is 12.2. The van der Waals surface area contributed by atoms with Crippen LogP contribution in [0.2, 0.25) is 0 Å². The van der Waals surface area contributed by atoms with Gasteiger partial charge in [0.05, 0.1) is 18.4 Å². The third kappa shape index (κ3) is 3.73. The Morgan fingerprint density at radius 1 is 1.50 bits per heavy atom. The molecule has 0 radical (unpaired) electrons. The first kappa shape index (κ1) is 14.5. The van der Waals surface area contributed by atoms with Crippen molar-refractivity contribution in [3.8, 4) is 5.75 Å². The van der Waals surface area contributed by atoms with E-state index in [1.54, 1.807) is 23.5 Å². The van der Waals surface area contributed by atoms with Crippen LogP contribution in [0.15, 0.2) is 11.4 Å². The van der Waals surface area contributed by atoms with E-state index < -0.39 is 5.97 Å². The van der Waals surface area contributed by atoms with Crippen molar-refractivity contribution >= 4 is 23.2 Å². The SMILES string of the molecule is COc1csc(C(=O)N(CCC(=O)O)C(C)C)c1. The first-order valence-electron chi connectivity index (χ1n) is 5.61. The monoisotopic (exact) mass is 271 g/mol. The molecule has 1 rings (SSSR count). The van der Waals surface area contributed by atoms with Gasteiger partial charge in [-0.1, -0.05) is 0 Å². The number of hydrogen-bond donors (Lipinski definition) is 1. The molecule has 0 bridgehead atoms. The van der Waals surface area contributed by atoms with Crippen molar-refractivity contribution in [1.82, 2.24) is 4.90 Å². The first-order valence-corrected chi connectivity index (χ1v) is 6.49. The zero-order valence-electron chi connectivity index (χ0n) is 10.7. The molecular formula is C12H17NO4S. The van der Waals surface area contributed by atoms with Crippen LogP contribution in [0.5, 0.6) is 5.75 Å². The Morgan fingerprint density at radius 2 is 2.17 bits per heavy atom. The molecule has 0 aliphatic carbocycles. The molecule has 18 heavy (non-hydrogen) atoms. The topological polar surface area (TPSA) is 66.8 Å². The summed E-state index contributed by atoms with van der Waals surface area (Å²) in [6, 6.07) is 1.63. The van der Waals surface area contributed by atoms with Gasteiger partial charge in [-0.05, 0) is 13.8 Å². The fraction of sp³-hybridized carbons (Fsp3) is 0.500. The van der Waals surface area contributed by atoms with Crippen LogP contribution in [-0.4, -0.2) is 41.6 Å². The molecule has 0 unspecified atom stereocenters. The summed E-state index contributed by atoms with van der Waals surface area (Å²) in [6.07, 6.45) is -0.0492. The number of ether oxygens (including phenoxy) is 1. The van der Waals surface area contributed by atoms with Crippen molar-refractivity contribution < 1.29 is 19.4 Å². The van der Waals surface area contributed by atoms with Gasteiger partial charge >= 0.3 is 5.97 Å². The zero-order valence-corrected chi connectivity index (χ0v) is 11.5. The molecule has 0 saturated carbocycles. The number of thiophene rings is 1. The standard InChI is InChI=1S/C12H17NO4S/c1-8(2)13(5-4-11(14)15)12(16)10-6-9(17-3)7-18-10/h6-8H,4-5H2,1-3H3,(H,14,15). The van der Waals surface area contributed by atoms with E-state index in [0.29, 0.717) is 10.6 Å². The average molecular weight is 271 g/mol. The normalized spacial score (nSPS) is 10.4. The number of carbonyl (C=O) groups excluding carboxylic acids is 1. The predicted molar refractivity (Wildman–Crippen MR) is 69.3 cm³/mol. The number of carbonyl (C=O) groups is 2. The highest BCUT2D eigenvalue weighted by molar-refractivity contribution is 7.12. The Bertz CT molecular complexity index is 427. The van der Waals surface area contributed by atoms with Gasteiger partial charge < -0.3 is 14.7 Å². The highest BCUT2D eigenvalue weighted by Gasteiger charge is 2.21. The third-order valence-electron chi connectivity index (χ3n) is 2.47. The Balaban J connectivity index is 2.78. The van der Waals surface area contributed by atoms with E-state index in [9.17, 15) is 9.59 Å². The van der Waals surface area contributed by atoms with E-state index in [-0.39, 0.29) is 24.9 Å². The molecule has 0 saturated heterocycles. The second kappa shape index (κ2) is 6.39. The molecule has 0 aliphatic rings. The molecule has 0 aliphatic heterocycles. The van der Waals surface area contributed by atoms with Gasteiger partial charge in [-0.2, -0.15) is 0 Å². The summed E-state index contributed by atoms with van der Waals surface area (Å²) in [5.41, 5.74) is 0. The van der Waals surface area contributed by atoms with Crippen LogP contribution in [0.3, 0.4) is 0 Å². The molecule has 0 aromatic carbocycles. The number of rotatable bonds is 6. The Kier molecular flexibility index (Phi) is 5.15. The lowest BCUT2D eigenvalue weighted by atomic mass is 10.2. The maximum Gasteiger partial charge on any atom is 0.305 e. The van der Waals surface area contributed by atoms with E-state index in [1.165, 1.54) is 11.3 Å². The van der Waals surface area contributed by atoms with E-state index in [1.807, 2.05) is 13.8 Å². The van der Waals surface area contributed by atoms with Crippen LogP contribution in [0.1, 0.15) is 29.9 Å². The number of carboxylic acid groups (broad SMARTS) is 1. The van der Waals surface area contributed by atoms with Gasteiger partial charge in [0.15, 0.2) is 0 Å². The Labute approximate surface area is 110 Å². The summed E-state index contributed by atoms with van der Waals surface area (Å²) in [5.74, 6) is -0.415. The van der Waals surface area contributed by atoms with Crippen LogP contribution in [0, 0.1) is 0 Å². The van der Waals surface area contributed by atoms with Gasteiger partial charge in [0.2, 0.25) is 0 Å². The molecular weight excluding hydrogens is 254 g/mol. The predicted octanol–water partition coefficient (Wildman–Crippen LogP) is 2.08. The Morgan fingerprint density at radius 3 is 2.61 bits per heavy atom. The van der Waals surface area contributed by atoms with Crippen molar-refractivity contribution in [1.29, 1.82) is 0 Å². The molecule has 0 spiro atoms. The van der Waals surface area contributed by atoms with Gasteiger partial charge in [0, 0.05) is 24.0 Å². The zero-order chi connectivity index (χ0) is 13.7. The fourth-order valence-corrected chi connectivity index (χ4v) is 2.30. The van der Waals surface area contributed by atoms with Crippen LogP contribution >= 0.6 is 11.3 Å². The van der Waals surface area contributed by atoms with Crippen LogP contribution in [-0.2, 0) is 4.79 Å². The molecule has 1 amide bonds. The van der Waals surface area contributed by atoms with Gasteiger partial charge in [-0.15, -0.1) is 11.3 Å². The highest BCUT2D eigenvalue weighted by Crippen LogP contribution is 2.23. The molecule has 1 aromatic rings. The quantitative estimate of drug-likeness (QED) is 0.860. The minimum Gasteiger partial charge on any atom is -0.496 e. The van der Waals surface area contributed by atoms with Gasteiger partial charge in [0.25, 0.3) is 5.91 Å². The molecule has 1 heterocycles. The third-order valence-corrected chi connectivity index (χ3v) is 3.37. The van der Waals surface area contributed by atoms with Gasteiger partial charge in [-0.25, -0.2) is 0 Å². The molecule has 1 aromatic heterocycles. The van der Waals surface area contributed by atoms with Crippen molar-refractivity contribution in [2.24, 2.45) is 0 Å². The second-order valence-corrected chi connectivity index (χ2v) is 5.00.